The van der Waals surface area contributed by atoms with Gasteiger partial charge in [-0.25, -0.2) is 13.9 Å². The third-order valence-corrected chi connectivity index (χ3v) is 7.73. The van der Waals surface area contributed by atoms with Crippen LogP contribution in [0.3, 0.4) is 0 Å². The Morgan fingerprint density at radius 1 is 1.09 bits per heavy atom. The highest BCUT2D eigenvalue weighted by molar-refractivity contribution is 7.92. The molecule has 32 heavy (non-hydrogen) atoms. The summed E-state index contributed by atoms with van der Waals surface area (Å²) >= 11 is 0. The molecule has 0 aliphatic heterocycles. The molecule has 0 fully saturated rings. The molecule has 3 rings (SSSR count). The summed E-state index contributed by atoms with van der Waals surface area (Å²) in [6, 6.07) is 15.4. The number of fused-ring (bicyclic) bond motifs is 1. The number of hydroxylamine groups is 1. The summed E-state index contributed by atoms with van der Waals surface area (Å²) in [5.41, 5.74) is 5.15. The highest BCUT2D eigenvalue weighted by Crippen LogP contribution is 2.24. The molecule has 1 amide bonds. The van der Waals surface area contributed by atoms with Crippen LogP contribution in [-0.2, 0) is 27.6 Å². The second-order valence-electron chi connectivity index (χ2n) is 7.90. The Bertz CT molecular complexity index is 1280. The Labute approximate surface area is 187 Å². The van der Waals surface area contributed by atoms with Crippen LogP contribution in [0.25, 0.3) is 10.9 Å². The van der Waals surface area contributed by atoms with Gasteiger partial charge >= 0.3 is 0 Å². The summed E-state index contributed by atoms with van der Waals surface area (Å²) in [5, 5.41) is 18.9. The number of amides is 1. The predicted octanol–water partition coefficient (Wildman–Crippen LogP) is 2.27. The normalized spacial score (nSPS) is 13.2. The molecule has 2 aromatic carbocycles. The van der Waals surface area contributed by atoms with Crippen molar-refractivity contribution in [1.82, 2.24) is 10.0 Å². The minimum Gasteiger partial charge on any atom is -0.396 e. The zero-order valence-electron chi connectivity index (χ0n) is 18.0. The lowest BCUT2D eigenvalue weighted by Crippen LogP contribution is -2.49. The van der Waals surface area contributed by atoms with E-state index in [1.54, 1.807) is 0 Å². The summed E-state index contributed by atoms with van der Waals surface area (Å²) in [5.74, 6) is 5.33. The molecular formula is C24H26N2O5S. The second-order valence-corrected chi connectivity index (χ2v) is 10.3. The molecule has 0 radical (unpaired) electrons. The van der Waals surface area contributed by atoms with E-state index in [-0.39, 0.29) is 19.6 Å². The second kappa shape index (κ2) is 9.57. The van der Waals surface area contributed by atoms with E-state index in [0.717, 1.165) is 33.8 Å². The van der Waals surface area contributed by atoms with Crippen molar-refractivity contribution in [1.29, 1.82) is 0 Å². The largest absolute Gasteiger partial charge is 0.396 e. The summed E-state index contributed by atoms with van der Waals surface area (Å²) in [6.07, 6.45) is 3.45. The van der Waals surface area contributed by atoms with Crippen LogP contribution in [0.5, 0.6) is 0 Å². The molecule has 7 nitrogen and oxygen atoms in total. The maximum atomic E-state index is 12.2. The third-order valence-electron chi connectivity index (χ3n) is 5.71. The van der Waals surface area contributed by atoms with Gasteiger partial charge in [-0.05, 0) is 61.7 Å². The van der Waals surface area contributed by atoms with E-state index in [0.29, 0.717) is 6.42 Å². The Morgan fingerprint density at radius 3 is 2.38 bits per heavy atom. The number of aryl methyl sites for hydroxylation is 1. The summed E-state index contributed by atoms with van der Waals surface area (Å²) < 4.78 is 24.4. The van der Waals surface area contributed by atoms with Crippen LogP contribution in [0.15, 0.2) is 54.7 Å². The topological polar surface area (TPSA) is 109 Å². The lowest BCUT2D eigenvalue weighted by Gasteiger charge is -2.25. The Morgan fingerprint density at radius 2 is 1.75 bits per heavy atom. The zero-order chi connectivity index (χ0) is 23.4. The fraction of sp³-hybridized carbons (Fsp3) is 0.292. The van der Waals surface area contributed by atoms with Crippen molar-refractivity contribution in [2.24, 2.45) is 0 Å². The average Bonchev–Trinajstić information content (AvgIpc) is 3.18. The highest BCUT2D eigenvalue weighted by atomic mass is 32.2. The maximum Gasteiger partial charge on any atom is 0.264 e. The standard InChI is InChI=1S/C24H26N2O5S/c1-24(23(28)25-29,32(2,30)31)13-15-26-14-11-21-17-20(9-10-22(21)26)8-7-18-3-5-19(6-4-18)12-16-27/h3-6,9-11,14,17,27,29H,12-13,15-16H2,1-2H3,(H,25,28)/t24-/m1/s1. The SMILES string of the molecule is C[C@@](CCn1ccc2cc(C#Cc3ccc(CCO)cc3)ccc21)(C(=O)NO)S(C)(=O)=O. The van der Waals surface area contributed by atoms with Crippen molar-refractivity contribution in [2.75, 3.05) is 12.9 Å². The molecule has 0 unspecified atom stereocenters. The van der Waals surface area contributed by atoms with Crippen LogP contribution in [0.4, 0.5) is 0 Å². The first kappa shape index (κ1) is 23.5. The van der Waals surface area contributed by atoms with Gasteiger partial charge in [0.25, 0.3) is 5.91 Å². The van der Waals surface area contributed by atoms with Gasteiger partial charge < -0.3 is 9.67 Å². The molecule has 168 valence electrons. The number of carbonyl (C=O) groups excluding carboxylic acids is 1. The van der Waals surface area contributed by atoms with E-state index in [9.17, 15) is 13.2 Å². The van der Waals surface area contributed by atoms with Crippen molar-refractivity contribution in [3.05, 3.63) is 71.4 Å². The van der Waals surface area contributed by atoms with Crippen molar-refractivity contribution >= 4 is 26.6 Å². The van der Waals surface area contributed by atoms with Gasteiger partial charge in [-0.2, -0.15) is 0 Å². The van der Waals surface area contributed by atoms with Gasteiger partial charge in [0.15, 0.2) is 14.6 Å². The van der Waals surface area contributed by atoms with E-state index in [2.05, 4.69) is 11.8 Å². The Kier molecular flexibility index (Phi) is 7.04. The minimum absolute atomic E-state index is 0.00976. The van der Waals surface area contributed by atoms with Gasteiger partial charge in [0.1, 0.15) is 0 Å². The van der Waals surface area contributed by atoms with Crippen LogP contribution in [-0.4, -0.2) is 46.8 Å². The number of carbonyl (C=O) groups is 1. The van der Waals surface area contributed by atoms with E-state index < -0.39 is 20.5 Å². The highest BCUT2D eigenvalue weighted by Gasteiger charge is 2.43. The molecular weight excluding hydrogens is 428 g/mol. The van der Waals surface area contributed by atoms with Crippen molar-refractivity contribution in [3.8, 4) is 11.8 Å². The molecule has 0 saturated heterocycles. The lowest BCUT2D eigenvalue weighted by molar-refractivity contribution is -0.131. The maximum absolute atomic E-state index is 12.2. The number of nitrogens with zero attached hydrogens (tertiary/aromatic N) is 1. The van der Waals surface area contributed by atoms with Gasteiger partial charge in [0.2, 0.25) is 0 Å². The predicted molar refractivity (Wildman–Crippen MR) is 123 cm³/mol. The van der Waals surface area contributed by atoms with E-state index in [1.165, 1.54) is 12.4 Å². The molecule has 1 heterocycles. The minimum atomic E-state index is -3.74. The molecule has 8 heteroatoms. The molecule has 1 aromatic heterocycles. The monoisotopic (exact) mass is 454 g/mol. The van der Waals surface area contributed by atoms with Crippen molar-refractivity contribution in [2.45, 2.75) is 31.1 Å². The van der Waals surface area contributed by atoms with Crippen LogP contribution in [0.1, 0.15) is 30.0 Å². The van der Waals surface area contributed by atoms with Crippen LogP contribution < -0.4 is 5.48 Å². The number of rotatable bonds is 7. The molecule has 3 aromatic rings. The average molecular weight is 455 g/mol. The number of aliphatic hydroxyl groups excluding tert-OH is 1. The fourth-order valence-electron chi connectivity index (χ4n) is 3.42. The Balaban J connectivity index is 1.79. The van der Waals surface area contributed by atoms with Crippen molar-refractivity contribution in [3.63, 3.8) is 0 Å². The molecule has 3 N–H and O–H groups in total. The van der Waals surface area contributed by atoms with Crippen LogP contribution in [0, 0.1) is 11.8 Å². The summed E-state index contributed by atoms with van der Waals surface area (Å²) in [4.78, 5) is 12.0. The van der Waals surface area contributed by atoms with Gasteiger partial charge in [0.05, 0.1) is 0 Å². The van der Waals surface area contributed by atoms with E-state index in [4.69, 9.17) is 10.3 Å². The molecule has 0 aliphatic carbocycles. The fourth-order valence-corrected chi connectivity index (χ4v) is 4.26. The number of hydrogen-bond donors (Lipinski definition) is 3. The molecule has 0 spiro atoms. The van der Waals surface area contributed by atoms with Gasteiger partial charge in [0, 0.05) is 47.6 Å². The zero-order valence-corrected chi connectivity index (χ0v) is 18.8. The summed E-state index contributed by atoms with van der Waals surface area (Å²) in [7, 11) is -3.74. The van der Waals surface area contributed by atoms with Crippen molar-refractivity contribution < 1.29 is 23.5 Å². The van der Waals surface area contributed by atoms with Crippen LogP contribution >= 0.6 is 0 Å². The van der Waals surface area contributed by atoms with Gasteiger partial charge in [-0.3, -0.25) is 10.0 Å². The Hall–Kier alpha value is -3.12. The smallest absolute Gasteiger partial charge is 0.264 e. The first-order valence-electron chi connectivity index (χ1n) is 10.1. The first-order chi connectivity index (χ1) is 15.2. The number of benzene rings is 2. The van der Waals surface area contributed by atoms with Gasteiger partial charge in [-0.15, -0.1) is 0 Å². The molecule has 0 bridgehead atoms. The molecule has 0 saturated carbocycles. The first-order valence-corrected chi connectivity index (χ1v) is 12.0. The van der Waals surface area contributed by atoms with E-state index in [1.807, 2.05) is 59.3 Å². The number of hydrogen-bond acceptors (Lipinski definition) is 5. The summed E-state index contributed by atoms with van der Waals surface area (Å²) in [6.45, 7) is 1.71. The molecule has 0 aliphatic rings. The number of aliphatic hydroxyl groups is 1. The number of nitrogens with one attached hydrogen (secondary N) is 1. The lowest BCUT2D eigenvalue weighted by atomic mass is 10.1. The third kappa shape index (κ3) is 5.02. The molecule has 1 atom stereocenters. The van der Waals surface area contributed by atoms with E-state index >= 15 is 0 Å². The number of sulfone groups is 1. The van der Waals surface area contributed by atoms with Crippen LogP contribution in [0.2, 0.25) is 0 Å². The number of aromatic nitrogens is 1. The van der Waals surface area contributed by atoms with Gasteiger partial charge in [-0.1, -0.05) is 24.0 Å². The quantitative estimate of drug-likeness (QED) is 0.288.